The summed E-state index contributed by atoms with van der Waals surface area (Å²) in [5.74, 6) is 1.25. The van der Waals surface area contributed by atoms with Crippen LogP contribution in [-0.2, 0) is 16.1 Å². The monoisotopic (exact) mass is 517 g/mol. The van der Waals surface area contributed by atoms with Crippen LogP contribution in [0.3, 0.4) is 0 Å². The highest BCUT2D eigenvalue weighted by molar-refractivity contribution is 6.01. The fourth-order valence-corrected chi connectivity index (χ4v) is 3.34. The molecule has 1 aromatic heterocycles. The minimum absolute atomic E-state index is 0.0432. The predicted molar refractivity (Wildman–Crippen MR) is 144 cm³/mol. The van der Waals surface area contributed by atoms with Crippen molar-refractivity contribution in [1.82, 2.24) is 20.1 Å². The molecule has 10 nitrogen and oxygen atoms in total. The van der Waals surface area contributed by atoms with Gasteiger partial charge in [-0.15, -0.1) is 0 Å². The Hall–Kier alpha value is -4.73. The molecule has 3 aromatic rings. The number of ether oxygens (including phenoxy) is 2. The van der Waals surface area contributed by atoms with Crippen LogP contribution in [0.25, 0.3) is 0 Å². The van der Waals surface area contributed by atoms with Crippen molar-refractivity contribution >= 4 is 30.4 Å². The maximum Gasteiger partial charge on any atom is 0.323 e. The molecule has 1 heterocycles. The summed E-state index contributed by atoms with van der Waals surface area (Å²) in [6.45, 7) is 4.10. The summed E-state index contributed by atoms with van der Waals surface area (Å²) in [5.41, 5.74) is 2.44. The molecule has 38 heavy (non-hydrogen) atoms. The van der Waals surface area contributed by atoms with Crippen LogP contribution in [0, 0.1) is 12.8 Å². The normalized spacial score (nSPS) is 11.7. The van der Waals surface area contributed by atoms with E-state index in [2.05, 4.69) is 15.3 Å². The standard InChI is InChI=1S/C28H31N5O5/c1-20-5-7-22(8-6-20)17-33(19-35)27(31-28(36)32(3)16-21(2)18-34)30-23-9-11-24(12-10-23)38-26-14-13-25(37-4)15-29-26/h5-15,18-19,21H,16-17H2,1-4H3,(H,30,31,36)/t21-/m0/s1. The number of hydrogen-bond donors (Lipinski definition) is 1. The first kappa shape index (κ1) is 27.9. The molecule has 0 saturated carbocycles. The van der Waals surface area contributed by atoms with Gasteiger partial charge in [-0.2, -0.15) is 0 Å². The Labute approximate surface area is 221 Å². The Balaban J connectivity index is 1.83. The van der Waals surface area contributed by atoms with Crippen molar-refractivity contribution in [2.24, 2.45) is 10.9 Å². The fourth-order valence-electron chi connectivity index (χ4n) is 3.34. The summed E-state index contributed by atoms with van der Waals surface area (Å²) < 4.78 is 10.9. The third kappa shape index (κ3) is 8.16. The molecule has 198 valence electrons. The zero-order valence-corrected chi connectivity index (χ0v) is 21.8. The number of hydrogen-bond acceptors (Lipinski definition) is 7. The number of aliphatic imine (C=N–C) groups is 1. The van der Waals surface area contributed by atoms with Crippen molar-refractivity contribution in [2.45, 2.75) is 20.4 Å². The maximum atomic E-state index is 12.9. The number of nitrogens with one attached hydrogen (secondary N) is 1. The minimum atomic E-state index is -0.501. The lowest BCUT2D eigenvalue weighted by Gasteiger charge is -2.24. The predicted octanol–water partition coefficient (Wildman–Crippen LogP) is 4.31. The van der Waals surface area contributed by atoms with Crippen LogP contribution >= 0.6 is 0 Å². The highest BCUT2D eigenvalue weighted by Crippen LogP contribution is 2.24. The first-order valence-corrected chi connectivity index (χ1v) is 11.9. The number of amides is 3. The van der Waals surface area contributed by atoms with Gasteiger partial charge in [-0.05, 0) is 42.8 Å². The van der Waals surface area contributed by atoms with Gasteiger partial charge in [0.1, 0.15) is 17.8 Å². The third-order valence-electron chi connectivity index (χ3n) is 5.47. The number of aldehydes is 1. The maximum absolute atomic E-state index is 12.9. The SMILES string of the molecule is COc1ccc(Oc2ccc(N=C(NC(=O)N(C)C[C@H](C)C=O)N(C=O)Cc3ccc(C)cc3)cc2)nc1. The van der Waals surface area contributed by atoms with Gasteiger partial charge in [0.05, 0.1) is 25.5 Å². The average molecular weight is 518 g/mol. The molecule has 0 aliphatic heterocycles. The van der Waals surface area contributed by atoms with Crippen LogP contribution < -0.4 is 14.8 Å². The van der Waals surface area contributed by atoms with Crippen LogP contribution in [0.2, 0.25) is 0 Å². The molecule has 0 bridgehead atoms. The number of methoxy groups -OCH3 is 1. The summed E-state index contributed by atoms with van der Waals surface area (Å²) >= 11 is 0. The summed E-state index contributed by atoms with van der Waals surface area (Å²) in [6.07, 6.45) is 2.94. The molecular weight excluding hydrogens is 486 g/mol. The average Bonchev–Trinajstić information content (AvgIpc) is 2.93. The van der Waals surface area contributed by atoms with Crippen LogP contribution in [0.4, 0.5) is 10.5 Å². The third-order valence-corrected chi connectivity index (χ3v) is 5.47. The van der Waals surface area contributed by atoms with Gasteiger partial charge < -0.3 is 19.2 Å². The number of rotatable bonds is 10. The second-order valence-corrected chi connectivity index (χ2v) is 8.71. The molecule has 1 N–H and O–H groups in total. The number of pyridine rings is 1. The molecular formula is C28H31N5O5. The van der Waals surface area contributed by atoms with Gasteiger partial charge in [0.2, 0.25) is 18.2 Å². The van der Waals surface area contributed by atoms with E-state index < -0.39 is 6.03 Å². The molecule has 2 aromatic carbocycles. The van der Waals surface area contributed by atoms with Crippen LogP contribution in [-0.4, -0.2) is 60.2 Å². The number of urea groups is 1. The Morgan fingerprint density at radius 1 is 1.05 bits per heavy atom. The molecule has 0 aliphatic carbocycles. The molecule has 3 rings (SSSR count). The second kappa shape index (κ2) is 13.5. The van der Waals surface area contributed by atoms with Crippen molar-refractivity contribution < 1.29 is 23.9 Å². The van der Waals surface area contributed by atoms with Gasteiger partial charge in [0.25, 0.3) is 0 Å². The number of carbonyl (C=O) groups excluding carboxylic acids is 3. The van der Waals surface area contributed by atoms with Crippen LogP contribution in [0.1, 0.15) is 18.1 Å². The number of guanidine groups is 1. The molecule has 0 spiro atoms. The lowest BCUT2D eigenvalue weighted by atomic mass is 10.1. The smallest absolute Gasteiger partial charge is 0.323 e. The van der Waals surface area contributed by atoms with E-state index in [9.17, 15) is 14.4 Å². The summed E-state index contributed by atoms with van der Waals surface area (Å²) in [5, 5.41) is 2.71. The van der Waals surface area contributed by atoms with E-state index in [4.69, 9.17) is 9.47 Å². The second-order valence-electron chi connectivity index (χ2n) is 8.71. The summed E-state index contributed by atoms with van der Waals surface area (Å²) in [4.78, 5) is 47.3. The van der Waals surface area contributed by atoms with E-state index in [0.717, 1.165) is 17.4 Å². The highest BCUT2D eigenvalue weighted by Gasteiger charge is 2.19. The Morgan fingerprint density at radius 2 is 1.74 bits per heavy atom. The Bertz CT molecular complexity index is 1240. The number of aromatic nitrogens is 1. The molecule has 0 radical (unpaired) electrons. The molecule has 0 aliphatic rings. The van der Waals surface area contributed by atoms with Gasteiger partial charge in [-0.25, -0.2) is 14.8 Å². The van der Waals surface area contributed by atoms with Crippen molar-refractivity contribution in [3.05, 3.63) is 78.0 Å². The van der Waals surface area contributed by atoms with E-state index in [0.29, 0.717) is 29.5 Å². The van der Waals surface area contributed by atoms with E-state index in [1.165, 1.54) is 9.80 Å². The largest absolute Gasteiger partial charge is 0.495 e. The van der Waals surface area contributed by atoms with Crippen molar-refractivity contribution in [1.29, 1.82) is 0 Å². The van der Waals surface area contributed by atoms with Crippen LogP contribution in [0.5, 0.6) is 17.4 Å². The van der Waals surface area contributed by atoms with E-state index >= 15 is 0 Å². The van der Waals surface area contributed by atoms with Gasteiger partial charge in [-0.3, -0.25) is 15.0 Å². The Kier molecular flexibility index (Phi) is 9.93. The van der Waals surface area contributed by atoms with Gasteiger partial charge in [-0.1, -0.05) is 36.8 Å². The minimum Gasteiger partial charge on any atom is -0.495 e. The molecule has 0 saturated heterocycles. The first-order valence-electron chi connectivity index (χ1n) is 11.9. The first-order chi connectivity index (χ1) is 18.3. The van der Waals surface area contributed by atoms with E-state index in [-0.39, 0.29) is 25.0 Å². The van der Waals surface area contributed by atoms with Crippen LogP contribution in [0.15, 0.2) is 71.9 Å². The van der Waals surface area contributed by atoms with E-state index in [1.807, 2.05) is 31.2 Å². The van der Waals surface area contributed by atoms with Gasteiger partial charge >= 0.3 is 6.03 Å². The van der Waals surface area contributed by atoms with Gasteiger partial charge in [0, 0.05) is 25.6 Å². The number of nitrogens with zero attached hydrogens (tertiary/aromatic N) is 4. The molecule has 1 atom stereocenters. The molecule has 10 heteroatoms. The number of aryl methyl sites for hydroxylation is 1. The molecule has 0 unspecified atom stereocenters. The molecule has 0 fully saturated rings. The highest BCUT2D eigenvalue weighted by atomic mass is 16.5. The van der Waals surface area contributed by atoms with Crippen molar-refractivity contribution in [2.75, 3.05) is 20.7 Å². The van der Waals surface area contributed by atoms with Crippen molar-refractivity contribution in [3.63, 3.8) is 0 Å². The topological polar surface area (TPSA) is 113 Å². The van der Waals surface area contributed by atoms with Crippen molar-refractivity contribution in [3.8, 4) is 17.4 Å². The molecule has 3 amide bonds. The zero-order valence-electron chi connectivity index (χ0n) is 21.8. The lowest BCUT2D eigenvalue weighted by Crippen LogP contribution is -2.48. The summed E-state index contributed by atoms with van der Waals surface area (Å²) in [7, 11) is 3.13. The van der Waals surface area contributed by atoms with E-state index in [1.54, 1.807) is 63.7 Å². The zero-order chi connectivity index (χ0) is 27.5. The fraction of sp³-hybridized carbons (Fsp3) is 0.250. The number of carbonyl (C=O) groups is 3. The Morgan fingerprint density at radius 3 is 2.32 bits per heavy atom. The van der Waals surface area contributed by atoms with Gasteiger partial charge in [0.15, 0.2) is 0 Å². The lowest BCUT2D eigenvalue weighted by molar-refractivity contribution is -0.115. The quantitative estimate of drug-likeness (QED) is 0.244. The summed E-state index contributed by atoms with van der Waals surface area (Å²) in [6, 6.07) is 17.4. The number of benzene rings is 2.